The van der Waals surface area contributed by atoms with Gasteiger partial charge in [0.15, 0.2) is 0 Å². The average molecular weight is 232 g/mol. The summed E-state index contributed by atoms with van der Waals surface area (Å²) >= 11 is 1.54. The molecular formula is C7H12N4O3S. The number of azide groups is 1. The predicted molar refractivity (Wildman–Crippen MR) is 56.5 cm³/mol. The molecule has 0 aliphatic rings. The van der Waals surface area contributed by atoms with Crippen molar-refractivity contribution in [3.8, 4) is 0 Å². The number of nitrogens with zero attached hydrogens (tertiary/aromatic N) is 3. The molecule has 0 aliphatic carbocycles. The summed E-state index contributed by atoms with van der Waals surface area (Å²) in [4.78, 5) is 24.4. The number of hydrogen-bond acceptors (Lipinski definition) is 4. The lowest BCUT2D eigenvalue weighted by Crippen LogP contribution is -2.40. The van der Waals surface area contributed by atoms with Gasteiger partial charge in [0.05, 0.1) is 7.11 Å². The van der Waals surface area contributed by atoms with E-state index in [9.17, 15) is 9.59 Å². The minimum Gasteiger partial charge on any atom is -0.467 e. The highest BCUT2D eigenvalue weighted by Crippen LogP contribution is 2.02. The zero-order valence-electron chi connectivity index (χ0n) is 8.47. The highest BCUT2D eigenvalue weighted by molar-refractivity contribution is 7.98. The molecule has 8 heteroatoms. The average Bonchev–Trinajstić information content (AvgIpc) is 2.23. The van der Waals surface area contributed by atoms with Crippen LogP contribution in [0.4, 0.5) is 4.79 Å². The summed E-state index contributed by atoms with van der Waals surface area (Å²) in [7, 11) is 1.23. The summed E-state index contributed by atoms with van der Waals surface area (Å²) in [5.74, 6) is 0.140. The van der Waals surface area contributed by atoms with E-state index in [-0.39, 0.29) is 0 Å². The van der Waals surface area contributed by atoms with Gasteiger partial charge in [0.25, 0.3) is 0 Å². The maximum Gasteiger partial charge on any atom is 0.328 e. The molecule has 0 spiro atoms. The number of nitrogens with one attached hydrogen (secondary N) is 1. The van der Waals surface area contributed by atoms with Crippen LogP contribution in [-0.2, 0) is 9.53 Å². The van der Waals surface area contributed by atoms with Gasteiger partial charge in [-0.1, -0.05) is 0 Å². The minimum absolute atomic E-state index is 0.431. The molecule has 7 nitrogen and oxygen atoms in total. The van der Waals surface area contributed by atoms with Crippen LogP contribution >= 0.6 is 11.8 Å². The van der Waals surface area contributed by atoms with Gasteiger partial charge in [0.1, 0.15) is 6.04 Å². The molecule has 1 N–H and O–H groups in total. The van der Waals surface area contributed by atoms with Crippen LogP contribution in [0.5, 0.6) is 0 Å². The van der Waals surface area contributed by atoms with Gasteiger partial charge in [0.2, 0.25) is 0 Å². The third-order valence-corrected chi connectivity index (χ3v) is 2.17. The second-order valence-electron chi connectivity index (χ2n) is 2.50. The molecule has 0 aromatic carbocycles. The van der Waals surface area contributed by atoms with Crippen molar-refractivity contribution in [3.63, 3.8) is 0 Å². The third-order valence-electron chi connectivity index (χ3n) is 1.53. The number of esters is 1. The van der Waals surface area contributed by atoms with E-state index < -0.39 is 18.0 Å². The van der Waals surface area contributed by atoms with Crippen molar-refractivity contribution in [1.29, 1.82) is 0 Å². The van der Waals surface area contributed by atoms with Crippen LogP contribution < -0.4 is 5.32 Å². The summed E-state index contributed by atoms with van der Waals surface area (Å²) in [6.45, 7) is 0. The van der Waals surface area contributed by atoms with Crippen LogP contribution in [0, 0.1) is 0 Å². The summed E-state index contributed by atoms with van der Waals surface area (Å²) in [6.07, 6.45) is 2.31. The van der Waals surface area contributed by atoms with Crippen molar-refractivity contribution >= 4 is 23.8 Å². The van der Waals surface area contributed by atoms with Crippen molar-refractivity contribution in [1.82, 2.24) is 5.32 Å². The second kappa shape index (κ2) is 7.95. The lowest BCUT2D eigenvalue weighted by Gasteiger charge is -2.13. The summed E-state index contributed by atoms with van der Waals surface area (Å²) in [6, 6.07) is -1.64. The third kappa shape index (κ3) is 5.82. The van der Waals surface area contributed by atoms with Crippen molar-refractivity contribution in [2.24, 2.45) is 5.11 Å². The maximum absolute atomic E-state index is 11.2. The largest absolute Gasteiger partial charge is 0.467 e. The first-order valence-electron chi connectivity index (χ1n) is 4.08. The molecule has 0 fully saturated rings. The first kappa shape index (κ1) is 13.6. The van der Waals surface area contributed by atoms with Gasteiger partial charge < -0.3 is 10.1 Å². The Kier molecular flexibility index (Phi) is 7.21. The molecule has 1 atom stereocenters. The Labute approximate surface area is 91.2 Å². The van der Waals surface area contributed by atoms with Crippen LogP contribution in [0.3, 0.4) is 0 Å². The van der Waals surface area contributed by atoms with Gasteiger partial charge >= 0.3 is 12.0 Å². The molecule has 0 saturated carbocycles. The molecule has 0 radical (unpaired) electrons. The van der Waals surface area contributed by atoms with Gasteiger partial charge in [-0.2, -0.15) is 11.8 Å². The summed E-state index contributed by atoms with van der Waals surface area (Å²) in [5, 5.41) is 5.06. The van der Waals surface area contributed by atoms with E-state index in [2.05, 4.69) is 20.1 Å². The van der Waals surface area contributed by atoms with E-state index in [1.807, 2.05) is 6.26 Å². The number of amides is 2. The Morgan fingerprint density at radius 1 is 1.67 bits per heavy atom. The van der Waals surface area contributed by atoms with Gasteiger partial charge in [0, 0.05) is 10.0 Å². The second-order valence-corrected chi connectivity index (χ2v) is 3.48. The zero-order valence-corrected chi connectivity index (χ0v) is 9.28. The van der Waals surface area contributed by atoms with Crippen molar-refractivity contribution < 1.29 is 14.3 Å². The van der Waals surface area contributed by atoms with Crippen LogP contribution in [0.15, 0.2) is 5.11 Å². The Bertz CT molecular complexity index is 277. The van der Waals surface area contributed by atoms with E-state index in [0.29, 0.717) is 12.2 Å². The van der Waals surface area contributed by atoms with Crippen molar-refractivity contribution in [2.75, 3.05) is 19.1 Å². The minimum atomic E-state index is -0.881. The van der Waals surface area contributed by atoms with E-state index in [0.717, 1.165) is 0 Å². The highest BCUT2D eigenvalue weighted by Gasteiger charge is 2.20. The molecule has 0 rings (SSSR count). The normalized spacial score (nSPS) is 11.1. The molecule has 0 aliphatic heterocycles. The molecular weight excluding hydrogens is 220 g/mol. The van der Waals surface area contributed by atoms with Crippen molar-refractivity contribution in [3.05, 3.63) is 10.4 Å². The van der Waals surface area contributed by atoms with E-state index in [4.69, 9.17) is 5.53 Å². The molecule has 2 amide bonds. The molecule has 0 unspecified atom stereocenters. The Morgan fingerprint density at radius 2 is 2.33 bits per heavy atom. The topological polar surface area (TPSA) is 104 Å². The SMILES string of the molecule is COC(=O)[C@H](CCSC)NC(=O)N=[N+]=[N-]. The molecule has 0 aromatic rings. The summed E-state index contributed by atoms with van der Waals surface area (Å²) in [5.41, 5.74) is 8.00. The maximum atomic E-state index is 11.2. The Hall–Kier alpha value is -1.40. The molecule has 15 heavy (non-hydrogen) atoms. The fraction of sp³-hybridized carbons (Fsp3) is 0.714. The van der Waals surface area contributed by atoms with Gasteiger partial charge in [-0.05, 0) is 24.0 Å². The number of carbonyl (C=O) groups is 2. The Balaban J connectivity index is 4.29. The lowest BCUT2D eigenvalue weighted by atomic mass is 10.2. The fourth-order valence-electron chi connectivity index (χ4n) is 0.845. The monoisotopic (exact) mass is 232 g/mol. The highest BCUT2D eigenvalue weighted by atomic mass is 32.2. The van der Waals surface area contributed by atoms with Gasteiger partial charge in [-0.25, -0.2) is 4.79 Å². The molecule has 0 heterocycles. The first-order valence-corrected chi connectivity index (χ1v) is 5.47. The predicted octanol–water partition coefficient (Wildman–Crippen LogP) is 1.30. The van der Waals surface area contributed by atoms with Crippen LogP contribution in [-0.4, -0.2) is 37.2 Å². The molecule has 0 saturated heterocycles. The first-order chi connectivity index (χ1) is 7.15. The molecule has 0 bridgehead atoms. The number of rotatable bonds is 5. The number of hydrogen-bond donors (Lipinski definition) is 1. The number of urea groups is 1. The number of ether oxygens (including phenoxy) is 1. The number of methoxy groups -OCH3 is 1. The standard InChI is InChI=1S/C7H12N4O3S/c1-14-6(12)5(3-4-15-2)9-7(13)10-11-8/h5H,3-4H2,1-2H3,(H,9,13)/t5-/m0/s1. The zero-order chi connectivity index (χ0) is 11.7. The Morgan fingerprint density at radius 3 is 2.80 bits per heavy atom. The lowest BCUT2D eigenvalue weighted by molar-refractivity contribution is -0.142. The quantitative estimate of drug-likeness (QED) is 0.334. The van der Waals surface area contributed by atoms with Crippen LogP contribution in [0.1, 0.15) is 6.42 Å². The van der Waals surface area contributed by atoms with E-state index >= 15 is 0 Å². The van der Waals surface area contributed by atoms with Crippen LogP contribution in [0.2, 0.25) is 0 Å². The van der Waals surface area contributed by atoms with E-state index in [1.165, 1.54) is 18.9 Å². The van der Waals surface area contributed by atoms with Gasteiger partial charge in [-0.15, -0.1) is 0 Å². The van der Waals surface area contributed by atoms with Crippen LogP contribution in [0.25, 0.3) is 10.4 Å². The van der Waals surface area contributed by atoms with Gasteiger partial charge in [-0.3, -0.25) is 4.79 Å². The van der Waals surface area contributed by atoms with Crippen molar-refractivity contribution in [2.45, 2.75) is 12.5 Å². The fourth-order valence-corrected chi connectivity index (χ4v) is 1.32. The summed E-state index contributed by atoms with van der Waals surface area (Å²) < 4.78 is 4.49. The van der Waals surface area contributed by atoms with E-state index in [1.54, 1.807) is 0 Å². The molecule has 0 aromatic heterocycles. The molecule has 84 valence electrons. The number of thioether (sulfide) groups is 1. The number of carbonyl (C=O) groups excluding carboxylic acids is 2. The smallest absolute Gasteiger partial charge is 0.328 e.